The van der Waals surface area contributed by atoms with Gasteiger partial charge in [0, 0.05) is 29.2 Å². The van der Waals surface area contributed by atoms with Crippen molar-refractivity contribution in [2.24, 2.45) is 0 Å². The van der Waals surface area contributed by atoms with Gasteiger partial charge in [0.15, 0.2) is 5.13 Å². The Morgan fingerprint density at radius 1 is 1.08 bits per heavy atom. The summed E-state index contributed by atoms with van der Waals surface area (Å²) in [6.45, 7) is 0. The summed E-state index contributed by atoms with van der Waals surface area (Å²) in [7, 11) is 3.44. The Morgan fingerprint density at radius 3 is 2.38 bits per heavy atom. The summed E-state index contributed by atoms with van der Waals surface area (Å²) in [6, 6.07) is 14.6. The fraction of sp³-hybridized carbons (Fsp3) is 0.111. The van der Waals surface area contributed by atoms with Gasteiger partial charge in [0.25, 0.3) is 5.91 Å². The molecule has 122 valence electrons. The van der Waals surface area contributed by atoms with Gasteiger partial charge in [-0.1, -0.05) is 12.1 Å². The van der Waals surface area contributed by atoms with Gasteiger partial charge in [-0.25, -0.2) is 4.98 Å². The van der Waals surface area contributed by atoms with E-state index in [-0.39, 0.29) is 5.91 Å². The topological polar surface area (TPSA) is 63.2 Å². The van der Waals surface area contributed by atoms with Crippen LogP contribution >= 0.6 is 11.3 Å². The molecule has 3 aromatic rings. The van der Waals surface area contributed by atoms with Gasteiger partial charge in [0.05, 0.1) is 12.8 Å². The van der Waals surface area contributed by atoms with E-state index in [0.717, 1.165) is 27.8 Å². The van der Waals surface area contributed by atoms with Crippen molar-refractivity contribution in [1.29, 1.82) is 0 Å². The number of anilines is 2. The summed E-state index contributed by atoms with van der Waals surface area (Å²) in [6.07, 6.45) is 0. The zero-order valence-corrected chi connectivity index (χ0v) is 14.2. The Morgan fingerprint density at radius 2 is 1.79 bits per heavy atom. The molecule has 1 amide bonds. The first kappa shape index (κ1) is 16.0. The number of methoxy groups -OCH3 is 1. The Kier molecular flexibility index (Phi) is 4.77. The van der Waals surface area contributed by atoms with Crippen molar-refractivity contribution in [2.45, 2.75) is 0 Å². The van der Waals surface area contributed by atoms with Crippen molar-refractivity contribution in [3.05, 3.63) is 59.5 Å². The largest absolute Gasteiger partial charge is 0.497 e. The maximum absolute atomic E-state index is 12.2. The van der Waals surface area contributed by atoms with Crippen LogP contribution in [-0.4, -0.2) is 25.0 Å². The average molecular weight is 339 g/mol. The van der Waals surface area contributed by atoms with Gasteiger partial charge in [-0.15, -0.1) is 11.3 Å². The van der Waals surface area contributed by atoms with E-state index in [0.29, 0.717) is 5.56 Å². The van der Waals surface area contributed by atoms with E-state index in [1.54, 1.807) is 42.7 Å². The minimum absolute atomic E-state index is 0.156. The molecular formula is C18H17N3O2S. The lowest BCUT2D eigenvalue weighted by Gasteiger charge is -2.07. The van der Waals surface area contributed by atoms with Gasteiger partial charge in [-0.2, -0.15) is 0 Å². The number of amides is 1. The van der Waals surface area contributed by atoms with Crippen LogP contribution in [0, 0.1) is 0 Å². The molecule has 0 atom stereocenters. The molecule has 5 nitrogen and oxygen atoms in total. The van der Waals surface area contributed by atoms with Gasteiger partial charge >= 0.3 is 0 Å². The SMILES string of the molecule is CNc1nc(-c2ccc(NC(=O)c3ccc(OC)cc3)cc2)cs1. The summed E-state index contributed by atoms with van der Waals surface area (Å²) in [5.74, 6) is 0.566. The maximum atomic E-state index is 12.2. The van der Waals surface area contributed by atoms with Crippen LogP contribution in [0.1, 0.15) is 10.4 Å². The lowest BCUT2D eigenvalue weighted by molar-refractivity contribution is 0.102. The van der Waals surface area contributed by atoms with Crippen molar-refractivity contribution in [3.8, 4) is 17.0 Å². The van der Waals surface area contributed by atoms with E-state index in [1.807, 2.05) is 36.7 Å². The number of rotatable bonds is 5. The first-order valence-corrected chi connectivity index (χ1v) is 8.26. The minimum atomic E-state index is -0.156. The van der Waals surface area contributed by atoms with E-state index < -0.39 is 0 Å². The zero-order valence-electron chi connectivity index (χ0n) is 13.4. The smallest absolute Gasteiger partial charge is 0.255 e. The molecule has 3 rings (SSSR count). The van der Waals surface area contributed by atoms with Crippen LogP contribution in [0.2, 0.25) is 0 Å². The van der Waals surface area contributed by atoms with Gasteiger partial charge in [-0.3, -0.25) is 4.79 Å². The third-order valence-electron chi connectivity index (χ3n) is 3.51. The van der Waals surface area contributed by atoms with E-state index in [2.05, 4.69) is 15.6 Å². The monoisotopic (exact) mass is 339 g/mol. The number of benzene rings is 2. The summed E-state index contributed by atoms with van der Waals surface area (Å²) in [5.41, 5.74) is 3.24. The molecule has 0 unspecified atom stereocenters. The second-order valence-corrected chi connectivity index (χ2v) is 5.91. The van der Waals surface area contributed by atoms with Gasteiger partial charge in [0.1, 0.15) is 5.75 Å². The Labute approximate surface area is 144 Å². The predicted octanol–water partition coefficient (Wildman–Crippen LogP) is 4.11. The van der Waals surface area contributed by atoms with Crippen LogP contribution in [-0.2, 0) is 0 Å². The van der Waals surface area contributed by atoms with Gasteiger partial charge < -0.3 is 15.4 Å². The lowest BCUT2D eigenvalue weighted by Crippen LogP contribution is -2.11. The molecule has 0 fully saturated rings. The number of nitrogens with zero attached hydrogens (tertiary/aromatic N) is 1. The highest BCUT2D eigenvalue weighted by molar-refractivity contribution is 7.14. The molecule has 0 aliphatic heterocycles. The lowest BCUT2D eigenvalue weighted by atomic mass is 10.1. The van der Waals surface area contributed by atoms with E-state index in [1.165, 1.54) is 0 Å². The van der Waals surface area contributed by atoms with Crippen LogP contribution < -0.4 is 15.4 Å². The highest BCUT2D eigenvalue weighted by Gasteiger charge is 2.07. The van der Waals surface area contributed by atoms with Gasteiger partial charge in [0.2, 0.25) is 0 Å². The highest BCUT2D eigenvalue weighted by Crippen LogP contribution is 2.25. The number of nitrogens with one attached hydrogen (secondary N) is 2. The first-order chi connectivity index (χ1) is 11.7. The fourth-order valence-electron chi connectivity index (χ4n) is 2.19. The highest BCUT2D eigenvalue weighted by atomic mass is 32.1. The van der Waals surface area contributed by atoms with E-state index in [9.17, 15) is 4.79 Å². The molecule has 6 heteroatoms. The molecule has 0 saturated heterocycles. The number of thiazole rings is 1. The molecular weight excluding hydrogens is 322 g/mol. The average Bonchev–Trinajstić information content (AvgIpc) is 3.11. The van der Waals surface area contributed by atoms with Crippen molar-refractivity contribution < 1.29 is 9.53 Å². The third kappa shape index (κ3) is 3.55. The van der Waals surface area contributed by atoms with Crippen LogP contribution in [0.3, 0.4) is 0 Å². The van der Waals surface area contributed by atoms with Crippen LogP contribution in [0.15, 0.2) is 53.9 Å². The quantitative estimate of drug-likeness (QED) is 0.734. The van der Waals surface area contributed by atoms with Crippen LogP contribution in [0.5, 0.6) is 5.75 Å². The number of hydrogen-bond donors (Lipinski definition) is 2. The molecule has 0 spiro atoms. The van der Waals surface area contributed by atoms with Gasteiger partial charge in [-0.05, 0) is 36.4 Å². The molecule has 2 N–H and O–H groups in total. The van der Waals surface area contributed by atoms with Crippen LogP contribution in [0.4, 0.5) is 10.8 Å². The van der Waals surface area contributed by atoms with Crippen LogP contribution in [0.25, 0.3) is 11.3 Å². The maximum Gasteiger partial charge on any atom is 0.255 e. The molecule has 0 aliphatic rings. The fourth-order valence-corrected chi connectivity index (χ4v) is 2.87. The van der Waals surface area contributed by atoms with Crippen molar-refractivity contribution in [1.82, 2.24) is 4.98 Å². The Balaban J connectivity index is 1.70. The standard InChI is InChI=1S/C18H17N3O2S/c1-19-18-21-16(11-24-18)12-3-7-14(8-4-12)20-17(22)13-5-9-15(23-2)10-6-13/h3-11H,1-2H3,(H,19,21)(H,20,22). The Bertz CT molecular complexity index is 826. The predicted molar refractivity (Wildman–Crippen MR) is 98.0 cm³/mol. The second kappa shape index (κ2) is 7.14. The summed E-state index contributed by atoms with van der Waals surface area (Å²) in [5, 5.41) is 8.78. The van der Waals surface area contributed by atoms with E-state index in [4.69, 9.17) is 4.74 Å². The molecule has 2 aromatic carbocycles. The molecule has 1 heterocycles. The first-order valence-electron chi connectivity index (χ1n) is 7.38. The van der Waals surface area contributed by atoms with Crippen molar-refractivity contribution >= 4 is 28.1 Å². The normalized spacial score (nSPS) is 10.2. The Hall–Kier alpha value is -2.86. The molecule has 0 saturated carbocycles. The molecule has 1 aromatic heterocycles. The molecule has 0 bridgehead atoms. The van der Waals surface area contributed by atoms with E-state index >= 15 is 0 Å². The summed E-state index contributed by atoms with van der Waals surface area (Å²) >= 11 is 1.56. The number of carbonyl (C=O) groups is 1. The molecule has 24 heavy (non-hydrogen) atoms. The molecule has 0 radical (unpaired) electrons. The molecule has 0 aliphatic carbocycles. The van der Waals surface area contributed by atoms with Crippen molar-refractivity contribution in [2.75, 3.05) is 24.8 Å². The third-order valence-corrected chi connectivity index (χ3v) is 4.37. The zero-order chi connectivity index (χ0) is 16.9. The second-order valence-electron chi connectivity index (χ2n) is 5.05. The minimum Gasteiger partial charge on any atom is -0.497 e. The number of carbonyl (C=O) groups excluding carboxylic acids is 1. The van der Waals surface area contributed by atoms with Crippen molar-refractivity contribution in [3.63, 3.8) is 0 Å². The summed E-state index contributed by atoms with van der Waals surface area (Å²) < 4.78 is 5.09. The summed E-state index contributed by atoms with van der Waals surface area (Å²) in [4.78, 5) is 16.7. The number of ether oxygens (including phenoxy) is 1. The number of hydrogen-bond acceptors (Lipinski definition) is 5. The number of aromatic nitrogens is 1.